The molecule has 0 amide bonds. The van der Waals surface area contributed by atoms with Crippen LogP contribution in [0.2, 0.25) is 5.02 Å². The summed E-state index contributed by atoms with van der Waals surface area (Å²) in [6, 6.07) is 9.14. The normalized spacial score (nSPS) is 10.3. The largest absolute Gasteiger partial charge is 0.465 e. The van der Waals surface area contributed by atoms with E-state index in [4.69, 9.17) is 22.1 Å². The number of carbonyl (C=O) groups excluding carboxylic acids is 1. The monoisotopic (exact) mass is 308 g/mol. The summed E-state index contributed by atoms with van der Waals surface area (Å²) in [5.74, 6) is -1.02. The minimum absolute atomic E-state index is 0.174. The molecule has 0 aliphatic heterocycles. The summed E-state index contributed by atoms with van der Waals surface area (Å²) >= 11 is 6.18. The second kappa shape index (κ2) is 6.01. The molecule has 0 saturated carbocycles. The third kappa shape index (κ3) is 2.92. The van der Waals surface area contributed by atoms with Gasteiger partial charge in [0, 0.05) is 12.7 Å². The lowest BCUT2D eigenvalue weighted by Crippen LogP contribution is -2.17. The number of anilines is 3. The Balaban J connectivity index is 2.63. The quantitative estimate of drug-likeness (QED) is 0.695. The Bertz CT molecular complexity index is 691. The number of carbonyl (C=O) groups is 1. The van der Waals surface area contributed by atoms with E-state index in [-0.39, 0.29) is 16.3 Å². The van der Waals surface area contributed by atoms with Crippen LogP contribution in [0.1, 0.15) is 10.4 Å². The van der Waals surface area contributed by atoms with Crippen LogP contribution < -0.4 is 10.6 Å². The van der Waals surface area contributed by atoms with Crippen LogP contribution in [0.4, 0.5) is 21.5 Å². The van der Waals surface area contributed by atoms with Crippen LogP contribution in [-0.2, 0) is 4.74 Å². The molecule has 4 nitrogen and oxygen atoms in total. The van der Waals surface area contributed by atoms with Gasteiger partial charge in [-0.1, -0.05) is 23.7 Å². The summed E-state index contributed by atoms with van der Waals surface area (Å²) in [6.45, 7) is 0. The van der Waals surface area contributed by atoms with Gasteiger partial charge in [0.05, 0.1) is 29.1 Å². The van der Waals surface area contributed by atoms with Gasteiger partial charge in [0.15, 0.2) is 0 Å². The molecule has 6 heteroatoms. The minimum Gasteiger partial charge on any atom is -0.465 e. The summed E-state index contributed by atoms with van der Waals surface area (Å²) in [4.78, 5) is 13.4. The first kappa shape index (κ1) is 15.1. The van der Waals surface area contributed by atoms with E-state index in [1.54, 1.807) is 25.2 Å². The molecular formula is C15H14ClFN2O2. The van der Waals surface area contributed by atoms with Crippen LogP contribution in [0.25, 0.3) is 0 Å². The maximum atomic E-state index is 13.9. The highest BCUT2D eigenvalue weighted by Crippen LogP contribution is 2.37. The smallest absolute Gasteiger partial charge is 0.340 e. The van der Waals surface area contributed by atoms with Gasteiger partial charge in [-0.15, -0.1) is 0 Å². The second-order valence-corrected chi connectivity index (χ2v) is 4.81. The van der Waals surface area contributed by atoms with E-state index in [1.165, 1.54) is 30.2 Å². The van der Waals surface area contributed by atoms with Gasteiger partial charge >= 0.3 is 5.97 Å². The fourth-order valence-electron chi connectivity index (χ4n) is 2.07. The highest BCUT2D eigenvalue weighted by atomic mass is 35.5. The van der Waals surface area contributed by atoms with E-state index in [2.05, 4.69) is 0 Å². The number of nitrogens with two attached hydrogens (primary N) is 1. The number of hydrogen-bond acceptors (Lipinski definition) is 4. The second-order valence-electron chi connectivity index (χ2n) is 4.40. The molecule has 0 atom stereocenters. The van der Waals surface area contributed by atoms with Gasteiger partial charge in [0.25, 0.3) is 0 Å². The van der Waals surface area contributed by atoms with Crippen molar-refractivity contribution in [2.75, 3.05) is 24.8 Å². The van der Waals surface area contributed by atoms with Crippen molar-refractivity contribution in [1.29, 1.82) is 0 Å². The number of halogens is 2. The topological polar surface area (TPSA) is 55.6 Å². The lowest BCUT2D eigenvalue weighted by atomic mass is 10.1. The number of benzene rings is 2. The number of ether oxygens (including phenoxy) is 1. The first-order valence-corrected chi connectivity index (χ1v) is 6.49. The minimum atomic E-state index is -0.595. The van der Waals surface area contributed by atoms with Crippen molar-refractivity contribution >= 4 is 34.6 Å². The van der Waals surface area contributed by atoms with Crippen molar-refractivity contribution in [2.45, 2.75) is 0 Å². The third-order valence-electron chi connectivity index (χ3n) is 3.04. The Morgan fingerprint density at radius 2 is 2.00 bits per heavy atom. The molecule has 2 N–H and O–H groups in total. The Hall–Kier alpha value is -2.27. The predicted molar refractivity (Wildman–Crippen MR) is 81.7 cm³/mol. The highest BCUT2D eigenvalue weighted by molar-refractivity contribution is 6.34. The Morgan fingerprint density at radius 3 is 2.62 bits per heavy atom. The molecule has 0 unspecified atom stereocenters. The third-order valence-corrected chi connectivity index (χ3v) is 3.33. The molecule has 2 aromatic carbocycles. The maximum absolute atomic E-state index is 13.9. The number of hydrogen-bond donors (Lipinski definition) is 1. The van der Waals surface area contributed by atoms with Gasteiger partial charge < -0.3 is 15.4 Å². The van der Waals surface area contributed by atoms with Gasteiger partial charge in [-0.3, -0.25) is 0 Å². The SMILES string of the molecule is COC(=O)c1cc(N)cc(Cl)c1N(C)c1ccccc1F. The van der Waals surface area contributed by atoms with Crippen LogP contribution in [0.5, 0.6) is 0 Å². The number of para-hydroxylation sites is 1. The molecule has 0 heterocycles. The molecule has 0 bridgehead atoms. The molecule has 2 aromatic rings. The van der Waals surface area contributed by atoms with Crippen LogP contribution in [0.15, 0.2) is 36.4 Å². The molecular weight excluding hydrogens is 295 g/mol. The Labute approximate surface area is 126 Å². The van der Waals surface area contributed by atoms with E-state index >= 15 is 0 Å². The summed E-state index contributed by atoms with van der Waals surface area (Å²) in [6.07, 6.45) is 0. The van der Waals surface area contributed by atoms with Crippen molar-refractivity contribution in [3.8, 4) is 0 Å². The van der Waals surface area contributed by atoms with Crippen LogP contribution in [0, 0.1) is 5.82 Å². The van der Waals surface area contributed by atoms with E-state index in [1.807, 2.05) is 0 Å². The van der Waals surface area contributed by atoms with Gasteiger partial charge in [-0.2, -0.15) is 0 Å². The van der Waals surface area contributed by atoms with E-state index in [9.17, 15) is 9.18 Å². The standard InChI is InChI=1S/C15H14ClFN2O2/c1-19(13-6-4-3-5-12(13)17)14-10(15(20)21-2)7-9(18)8-11(14)16/h3-8H,18H2,1-2H3. The van der Waals surface area contributed by atoms with Gasteiger partial charge in [0.1, 0.15) is 5.82 Å². The zero-order chi connectivity index (χ0) is 15.6. The average molecular weight is 309 g/mol. The lowest BCUT2D eigenvalue weighted by molar-refractivity contribution is 0.0601. The molecule has 0 saturated heterocycles. The van der Waals surface area contributed by atoms with Crippen LogP contribution >= 0.6 is 11.6 Å². The molecule has 0 radical (unpaired) electrons. The summed E-state index contributed by atoms with van der Waals surface area (Å²) in [5.41, 5.74) is 6.83. The fourth-order valence-corrected chi connectivity index (χ4v) is 2.43. The molecule has 21 heavy (non-hydrogen) atoms. The summed E-state index contributed by atoms with van der Waals surface area (Å²) in [7, 11) is 2.87. The number of esters is 1. The summed E-state index contributed by atoms with van der Waals surface area (Å²) in [5, 5.41) is 0.237. The summed E-state index contributed by atoms with van der Waals surface area (Å²) < 4.78 is 18.7. The van der Waals surface area contributed by atoms with Gasteiger partial charge in [-0.05, 0) is 24.3 Å². The van der Waals surface area contributed by atoms with Gasteiger partial charge in [-0.25, -0.2) is 9.18 Å². The fraction of sp³-hybridized carbons (Fsp3) is 0.133. The highest BCUT2D eigenvalue weighted by Gasteiger charge is 2.21. The lowest BCUT2D eigenvalue weighted by Gasteiger charge is -2.24. The molecule has 0 aliphatic rings. The molecule has 110 valence electrons. The van der Waals surface area contributed by atoms with Crippen LogP contribution in [0.3, 0.4) is 0 Å². The first-order chi connectivity index (χ1) is 9.95. The molecule has 2 rings (SSSR count). The van der Waals surface area contributed by atoms with Crippen molar-refractivity contribution < 1.29 is 13.9 Å². The number of nitrogens with zero attached hydrogens (tertiary/aromatic N) is 1. The van der Waals surface area contributed by atoms with E-state index < -0.39 is 11.8 Å². The maximum Gasteiger partial charge on any atom is 0.340 e. The van der Waals surface area contributed by atoms with Crippen LogP contribution in [-0.4, -0.2) is 20.1 Å². The number of rotatable bonds is 3. The van der Waals surface area contributed by atoms with Crippen molar-refractivity contribution in [2.24, 2.45) is 0 Å². The molecule has 0 aliphatic carbocycles. The van der Waals surface area contributed by atoms with E-state index in [0.717, 1.165) is 0 Å². The van der Waals surface area contributed by atoms with E-state index in [0.29, 0.717) is 11.4 Å². The average Bonchev–Trinajstić information content (AvgIpc) is 2.45. The molecule has 0 fully saturated rings. The molecule has 0 spiro atoms. The number of methoxy groups -OCH3 is 1. The Kier molecular flexibility index (Phi) is 4.33. The zero-order valence-corrected chi connectivity index (χ0v) is 12.3. The predicted octanol–water partition coefficient (Wildman–Crippen LogP) is 3.62. The first-order valence-electron chi connectivity index (χ1n) is 6.11. The van der Waals surface area contributed by atoms with Crippen molar-refractivity contribution in [1.82, 2.24) is 0 Å². The molecule has 0 aromatic heterocycles. The zero-order valence-electron chi connectivity index (χ0n) is 11.6. The van der Waals surface area contributed by atoms with Crippen molar-refractivity contribution in [3.05, 3.63) is 52.8 Å². The van der Waals surface area contributed by atoms with Crippen molar-refractivity contribution in [3.63, 3.8) is 0 Å². The number of nitrogen functional groups attached to an aromatic ring is 1. The van der Waals surface area contributed by atoms with Gasteiger partial charge in [0.2, 0.25) is 0 Å². The Morgan fingerprint density at radius 1 is 1.33 bits per heavy atom.